The Morgan fingerprint density at radius 2 is 2.00 bits per heavy atom. The monoisotopic (exact) mass is 467 g/mol. The van der Waals surface area contributed by atoms with Crippen LogP contribution >= 0.6 is 0 Å². The molecule has 0 saturated heterocycles. The first-order valence-electron chi connectivity index (χ1n) is 11.9. The zero-order valence-electron chi connectivity index (χ0n) is 20.5. The van der Waals surface area contributed by atoms with Gasteiger partial charge in [0.15, 0.2) is 5.65 Å². The molecule has 2 aromatic heterocycles. The summed E-state index contributed by atoms with van der Waals surface area (Å²) in [7, 11) is 0. The molecule has 0 aliphatic carbocycles. The van der Waals surface area contributed by atoms with Crippen LogP contribution in [-0.4, -0.2) is 25.9 Å². The van der Waals surface area contributed by atoms with Gasteiger partial charge in [-0.2, -0.15) is 10.2 Å². The van der Waals surface area contributed by atoms with Crippen molar-refractivity contribution in [2.75, 3.05) is 11.9 Å². The van der Waals surface area contributed by atoms with Crippen molar-refractivity contribution in [3.05, 3.63) is 75.7 Å². The second-order valence-corrected chi connectivity index (χ2v) is 9.81. The van der Waals surface area contributed by atoms with Crippen molar-refractivity contribution in [1.82, 2.24) is 24.6 Å². The van der Waals surface area contributed by atoms with Gasteiger partial charge in [-0.1, -0.05) is 18.2 Å². The Morgan fingerprint density at radius 3 is 2.77 bits per heavy atom. The van der Waals surface area contributed by atoms with Crippen molar-refractivity contribution in [2.45, 2.75) is 52.1 Å². The van der Waals surface area contributed by atoms with Gasteiger partial charge in [-0.15, -0.1) is 0 Å². The molecule has 35 heavy (non-hydrogen) atoms. The van der Waals surface area contributed by atoms with E-state index in [1.807, 2.05) is 62.7 Å². The van der Waals surface area contributed by atoms with Crippen LogP contribution in [0, 0.1) is 11.3 Å². The molecule has 0 radical (unpaired) electrons. The molecule has 1 aliphatic rings. The molecule has 8 heteroatoms. The second kappa shape index (κ2) is 8.67. The number of nitrogens with one attached hydrogen (secondary N) is 2. The third kappa shape index (κ3) is 4.08. The van der Waals surface area contributed by atoms with E-state index in [2.05, 4.69) is 33.8 Å². The van der Waals surface area contributed by atoms with Gasteiger partial charge in [0.25, 0.3) is 5.56 Å². The first-order chi connectivity index (χ1) is 16.8. The minimum Gasteiger partial charge on any atom is -0.324 e. The zero-order valence-corrected chi connectivity index (χ0v) is 20.5. The molecule has 0 saturated carbocycles. The van der Waals surface area contributed by atoms with Crippen LogP contribution < -0.4 is 16.2 Å². The predicted molar refractivity (Wildman–Crippen MR) is 137 cm³/mol. The molecule has 0 atom stereocenters. The van der Waals surface area contributed by atoms with Crippen LogP contribution in [-0.2, 0) is 18.4 Å². The first kappa shape index (κ1) is 22.8. The van der Waals surface area contributed by atoms with E-state index in [-0.39, 0.29) is 11.6 Å². The van der Waals surface area contributed by atoms with Crippen LogP contribution in [0.15, 0.2) is 53.5 Å². The van der Waals surface area contributed by atoms with Gasteiger partial charge in [0.1, 0.15) is 5.39 Å². The molecule has 0 amide bonds. The van der Waals surface area contributed by atoms with Crippen molar-refractivity contribution < 1.29 is 0 Å². The molecule has 2 aromatic carbocycles. The first-order valence-corrected chi connectivity index (χ1v) is 11.9. The number of hydrogen-bond donors (Lipinski definition) is 2. The largest absolute Gasteiger partial charge is 0.324 e. The van der Waals surface area contributed by atoms with Gasteiger partial charge < -0.3 is 10.6 Å². The third-order valence-electron chi connectivity index (χ3n) is 6.55. The maximum Gasteiger partial charge on any atom is 0.278 e. The summed E-state index contributed by atoms with van der Waals surface area (Å²) in [5.74, 6) is 0.426. The average Bonchev–Trinajstić information content (AvgIpc) is 3.16. The Hall–Kier alpha value is -3.96. The van der Waals surface area contributed by atoms with Crippen LogP contribution in [0.2, 0.25) is 0 Å². The maximum absolute atomic E-state index is 13.3. The number of nitriles is 1. The molecule has 4 aromatic rings. The molecular weight excluding hydrogens is 438 g/mol. The number of rotatable bonds is 5. The van der Waals surface area contributed by atoms with E-state index < -0.39 is 5.41 Å². The van der Waals surface area contributed by atoms with Gasteiger partial charge in [0.2, 0.25) is 5.95 Å². The summed E-state index contributed by atoms with van der Waals surface area (Å²) in [6.07, 6.45) is 2.57. The molecule has 0 fully saturated rings. The summed E-state index contributed by atoms with van der Waals surface area (Å²) in [5, 5.41) is 16.8. The van der Waals surface area contributed by atoms with Crippen molar-refractivity contribution in [3.63, 3.8) is 0 Å². The highest BCUT2D eigenvalue weighted by molar-refractivity contribution is 5.77. The molecule has 5 rings (SSSR count). The Bertz CT molecular complexity index is 1520. The fraction of sp³-hybridized carbons (Fsp3) is 0.333. The van der Waals surface area contributed by atoms with Crippen molar-refractivity contribution in [3.8, 4) is 11.8 Å². The molecule has 178 valence electrons. The topological polar surface area (TPSA) is 101 Å². The highest BCUT2D eigenvalue weighted by Gasteiger charge is 2.23. The molecular formula is C27H29N7O. The standard InChI is InChI=1S/C27H29N7O/c1-17(2)33-25(35)23-15-30-26(31-21-9-8-19-14-29-11-10-18(19)12-21)32-24(23)34(33)22-7-5-6-20(13-22)27(3,4)16-28/h5-9,12-13,15,17,29H,10-11,14H2,1-4H3,(H,30,31,32). The lowest BCUT2D eigenvalue weighted by molar-refractivity contribution is 0.475. The minimum absolute atomic E-state index is 0.102. The van der Waals surface area contributed by atoms with Crippen molar-refractivity contribution >= 4 is 22.7 Å². The molecule has 1 aliphatic heterocycles. The third-order valence-corrected chi connectivity index (χ3v) is 6.55. The minimum atomic E-state index is -0.661. The summed E-state index contributed by atoms with van der Waals surface area (Å²) in [6.45, 7) is 9.55. The van der Waals surface area contributed by atoms with E-state index in [1.54, 1.807) is 10.9 Å². The molecule has 2 N–H and O–H groups in total. The Labute approximate surface area is 204 Å². The number of hydrogen-bond acceptors (Lipinski definition) is 6. The molecule has 0 unspecified atom stereocenters. The number of benzene rings is 2. The van der Waals surface area contributed by atoms with Gasteiger partial charge in [-0.05, 0) is 81.6 Å². The zero-order chi connectivity index (χ0) is 24.7. The van der Waals surface area contributed by atoms with Crippen LogP contribution in [0.1, 0.15) is 50.4 Å². The van der Waals surface area contributed by atoms with Crippen molar-refractivity contribution in [1.29, 1.82) is 5.26 Å². The van der Waals surface area contributed by atoms with E-state index in [9.17, 15) is 10.1 Å². The summed E-state index contributed by atoms with van der Waals surface area (Å²) in [6, 6.07) is 16.3. The van der Waals surface area contributed by atoms with Crippen LogP contribution in [0.25, 0.3) is 16.7 Å². The lowest BCUT2D eigenvalue weighted by Crippen LogP contribution is -2.24. The van der Waals surface area contributed by atoms with E-state index >= 15 is 0 Å². The van der Waals surface area contributed by atoms with Crippen LogP contribution in [0.5, 0.6) is 0 Å². The molecule has 8 nitrogen and oxygen atoms in total. The lowest BCUT2D eigenvalue weighted by Gasteiger charge is -2.20. The highest BCUT2D eigenvalue weighted by atomic mass is 16.1. The number of fused-ring (bicyclic) bond motifs is 2. The fourth-order valence-electron chi connectivity index (χ4n) is 4.55. The normalized spacial score (nSPS) is 13.6. The van der Waals surface area contributed by atoms with E-state index in [4.69, 9.17) is 4.98 Å². The van der Waals surface area contributed by atoms with E-state index in [0.29, 0.717) is 17.0 Å². The Morgan fingerprint density at radius 1 is 1.17 bits per heavy atom. The number of nitrogens with zero attached hydrogens (tertiary/aromatic N) is 5. The summed E-state index contributed by atoms with van der Waals surface area (Å²) in [4.78, 5) is 22.5. The Balaban J connectivity index is 1.63. The smallest absolute Gasteiger partial charge is 0.278 e. The lowest BCUT2D eigenvalue weighted by atomic mass is 9.86. The summed E-state index contributed by atoms with van der Waals surface area (Å²) < 4.78 is 3.53. The van der Waals surface area contributed by atoms with Gasteiger partial charge in [-0.3, -0.25) is 4.79 Å². The quantitative estimate of drug-likeness (QED) is 0.453. The summed E-state index contributed by atoms with van der Waals surface area (Å²) >= 11 is 0. The van der Waals surface area contributed by atoms with Gasteiger partial charge in [0, 0.05) is 24.5 Å². The maximum atomic E-state index is 13.3. The fourth-order valence-corrected chi connectivity index (χ4v) is 4.55. The van der Waals surface area contributed by atoms with Crippen molar-refractivity contribution in [2.24, 2.45) is 0 Å². The van der Waals surface area contributed by atoms with E-state index in [0.717, 1.165) is 36.4 Å². The average molecular weight is 468 g/mol. The summed E-state index contributed by atoms with van der Waals surface area (Å²) in [5.41, 5.74) is 4.90. The van der Waals surface area contributed by atoms with Gasteiger partial charge in [0.05, 0.1) is 17.2 Å². The number of aromatic nitrogens is 4. The molecule has 0 bridgehead atoms. The van der Waals surface area contributed by atoms with E-state index in [1.165, 1.54) is 11.1 Å². The second-order valence-electron chi connectivity index (χ2n) is 9.81. The molecule has 0 spiro atoms. The highest BCUT2D eigenvalue weighted by Crippen LogP contribution is 2.27. The van der Waals surface area contributed by atoms with Crippen LogP contribution in [0.3, 0.4) is 0 Å². The van der Waals surface area contributed by atoms with Gasteiger partial charge >= 0.3 is 0 Å². The number of anilines is 2. The van der Waals surface area contributed by atoms with Gasteiger partial charge in [-0.25, -0.2) is 14.3 Å². The predicted octanol–water partition coefficient (Wildman–Crippen LogP) is 4.35. The SMILES string of the molecule is CC(C)n1c(=O)c2cnc(Nc3ccc4c(c3)CCNC4)nc2n1-c1cccc(C(C)(C)C#N)c1. The Kier molecular flexibility index (Phi) is 5.65. The molecule has 3 heterocycles. The van der Waals surface area contributed by atoms with Crippen LogP contribution in [0.4, 0.5) is 11.6 Å².